The number of methoxy groups -OCH3 is 1. The maximum Gasteiger partial charge on any atom is 0.128 e. The highest BCUT2D eigenvalue weighted by Gasteiger charge is 2.17. The molecule has 1 N–H and O–H groups in total. The molecule has 0 fully saturated rings. The molecule has 0 spiro atoms. The molecule has 92 valence electrons. The van der Waals surface area contributed by atoms with Crippen molar-refractivity contribution in [3.63, 3.8) is 0 Å². The minimum Gasteiger partial charge on any atom is -0.496 e. The first kappa shape index (κ1) is 12.0. The minimum atomic E-state index is -0.492. The van der Waals surface area contributed by atoms with E-state index in [2.05, 4.69) is 24.5 Å². The lowest BCUT2D eigenvalue weighted by molar-refractivity contribution is 0.200. The number of ether oxygens (including phenoxy) is 1. The highest BCUT2D eigenvalue weighted by molar-refractivity contribution is 5.90. The topological polar surface area (TPSA) is 34.4 Å². The zero-order chi connectivity index (χ0) is 12.6. The Morgan fingerprint density at radius 3 is 2.47 bits per heavy atom. The van der Waals surface area contributed by atoms with Crippen molar-refractivity contribution >= 4 is 10.9 Å². The van der Waals surface area contributed by atoms with Crippen LogP contribution >= 0.6 is 0 Å². The molecule has 1 aromatic heterocycles. The number of hydrogen-bond donors (Lipinski definition) is 1. The first-order chi connectivity index (χ1) is 8.06. The molecular weight excluding hydrogens is 214 g/mol. The van der Waals surface area contributed by atoms with E-state index in [0.717, 1.165) is 22.2 Å². The molecule has 0 radical (unpaired) electrons. The predicted molar refractivity (Wildman–Crippen MR) is 69.5 cm³/mol. The smallest absolute Gasteiger partial charge is 0.128 e. The standard InChI is InChI=1S/C14H19NO2/c1-9(2)15-8-11(10(3)16)14-12(15)6-5-7-13(14)17-4/h5-10,16H,1-4H3. The van der Waals surface area contributed by atoms with E-state index < -0.39 is 6.10 Å². The summed E-state index contributed by atoms with van der Waals surface area (Å²) in [6.07, 6.45) is 1.52. The fraction of sp³-hybridized carbons (Fsp3) is 0.429. The molecule has 17 heavy (non-hydrogen) atoms. The summed E-state index contributed by atoms with van der Waals surface area (Å²) >= 11 is 0. The van der Waals surface area contributed by atoms with Crippen molar-refractivity contribution in [3.8, 4) is 5.75 Å². The fourth-order valence-corrected chi connectivity index (χ4v) is 2.22. The molecule has 2 aromatic rings. The fourth-order valence-electron chi connectivity index (χ4n) is 2.22. The van der Waals surface area contributed by atoms with E-state index in [1.807, 2.05) is 18.3 Å². The number of fused-ring (bicyclic) bond motifs is 1. The van der Waals surface area contributed by atoms with E-state index >= 15 is 0 Å². The molecule has 1 unspecified atom stereocenters. The van der Waals surface area contributed by atoms with Crippen molar-refractivity contribution in [1.82, 2.24) is 4.57 Å². The van der Waals surface area contributed by atoms with E-state index in [4.69, 9.17) is 4.74 Å². The van der Waals surface area contributed by atoms with Crippen LogP contribution in [-0.4, -0.2) is 16.8 Å². The molecule has 1 aromatic carbocycles. The van der Waals surface area contributed by atoms with Gasteiger partial charge in [0, 0.05) is 23.2 Å². The van der Waals surface area contributed by atoms with Crippen LogP contribution in [0.4, 0.5) is 0 Å². The first-order valence-electron chi connectivity index (χ1n) is 5.91. The zero-order valence-electron chi connectivity index (χ0n) is 10.8. The molecule has 1 atom stereocenters. The average molecular weight is 233 g/mol. The lowest BCUT2D eigenvalue weighted by Crippen LogP contribution is -1.98. The third-order valence-electron chi connectivity index (χ3n) is 3.08. The van der Waals surface area contributed by atoms with Gasteiger partial charge in [0.05, 0.1) is 18.7 Å². The van der Waals surface area contributed by atoms with Crippen molar-refractivity contribution in [2.75, 3.05) is 7.11 Å². The molecule has 3 heteroatoms. The molecule has 0 saturated heterocycles. The molecule has 1 heterocycles. The Hall–Kier alpha value is -1.48. The van der Waals surface area contributed by atoms with Crippen LogP contribution in [0.5, 0.6) is 5.75 Å². The Morgan fingerprint density at radius 1 is 1.24 bits per heavy atom. The van der Waals surface area contributed by atoms with Crippen LogP contribution in [0.25, 0.3) is 10.9 Å². The lowest BCUT2D eigenvalue weighted by atomic mass is 10.1. The van der Waals surface area contributed by atoms with Crippen LogP contribution in [0.2, 0.25) is 0 Å². The summed E-state index contributed by atoms with van der Waals surface area (Å²) in [5, 5.41) is 10.9. The van der Waals surface area contributed by atoms with Crippen molar-refractivity contribution in [2.45, 2.75) is 32.9 Å². The van der Waals surface area contributed by atoms with Gasteiger partial charge in [-0.1, -0.05) is 6.07 Å². The summed E-state index contributed by atoms with van der Waals surface area (Å²) in [4.78, 5) is 0. The number of rotatable bonds is 3. The van der Waals surface area contributed by atoms with Crippen molar-refractivity contribution in [3.05, 3.63) is 30.0 Å². The van der Waals surface area contributed by atoms with E-state index in [1.165, 1.54) is 0 Å². The average Bonchev–Trinajstić information content (AvgIpc) is 2.68. The largest absolute Gasteiger partial charge is 0.496 e. The van der Waals surface area contributed by atoms with Gasteiger partial charge in [0.2, 0.25) is 0 Å². The maximum absolute atomic E-state index is 9.87. The summed E-state index contributed by atoms with van der Waals surface area (Å²) in [6.45, 7) is 6.04. The molecule has 3 nitrogen and oxygen atoms in total. The van der Waals surface area contributed by atoms with Gasteiger partial charge in [-0.3, -0.25) is 0 Å². The third kappa shape index (κ3) is 1.91. The van der Waals surface area contributed by atoms with Gasteiger partial charge in [-0.25, -0.2) is 0 Å². The maximum atomic E-state index is 9.87. The molecule has 2 rings (SSSR count). The van der Waals surface area contributed by atoms with E-state index in [-0.39, 0.29) is 0 Å². The number of nitrogens with zero attached hydrogens (tertiary/aromatic N) is 1. The van der Waals surface area contributed by atoms with Crippen LogP contribution in [0.3, 0.4) is 0 Å². The Balaban J connectivity index is 2.81. The molecule has 0 bridgehead atoms. The first-order valence-corrected chi connectivity index (χ1v) is 5.91. The van der Waals surface area contributed by atoms with Crippen molar-refractivity contribution in [2.24, 2.45) is 0 Å². The van der Waals surface area contributed by atoms with Gasteiger partial charge in [-0.05, 0) is 32.9 Å². The summed E-state index contributed by atoms with van der Waals surface area (Å²) in [5.74, 6) is 0.817. The highest BCUT2D eigenvalue weighted by Crippen LogP contribution is 2.35. The molecule has 0 saturated carbocycles. The molecule has 0 aliphatic heterocycles. The quantitative estimate of drug-likeness (QED) is 0.882. The van der Waals surface area contributed by atoms with Gasteiger partial charge < -0.3 is 14.4 Å². The molecule has 0 amide bonds. The van der Waals surface area contributed by atoms with Gasteiger partial charge in [0.25, 0.3) is 0 Å². The second-order valence-corrected chi connectivity index (χ2v) is 4.62. The van der Waals surface area contributed by atoms with Crippen molar-refractivity contribution in [1.29, 1.82) is 0 Å². The summed E-state index contributed by atoms with van der Waals surface area (Å²) in [5.41, 5.74) is 2.03. The third-order valence-corrected chi connectivity index (χ3v) is 3.08. The van der Waals surface area contributed by atoms with Crippen LogP contribution in [0.15, 0.2) is 24.4 Å². The second kappa shape index (κ2) is 4.41. The summed E-state index contributed by atoms with van der Waals surface area (Å²) in [6, 6.07) is 6.33. The van der Waals surface area contributed by atoms with E-state index in [9.17, 15) is 5.11 Å². The summed E-state index contributed by atoms with van der Waals surface area (Å²) < 4.78 is 7.55. The Kier molecular flexibility index (Phi) is 3.11. The normalized spacial score (nSPS) is 13.3. The Morgan fingerprint density at radius 2 is 1.94 bits per heavy atom. The molecule has 0 aliphatic rings. The Labute approximate surface area is 102 Å². The van der Waals surface area contributed by atoms with Gasteiger partial charge in [-0.15, -0.1) is 0 Å². The zero-order valence-corrected chi connectivity index (χ0v) is 10.8. The SMILES string of the molecule is COc1cccc2c1c(C(C)O)cn2C(C)C. The Bertz CT molecular complexity index is 526. The highest BCUT2D eigenvalue weighted by atomic mass is 16.5. The molecule has 0 aliphatic carbocycles. The van der Waals surface area contributed by atoms with Crippen LogP contribution < -0.4 is 4.74 Å². The van der Waals surface area contributed by atoms with Crippen LogP contribution in [0, 0.1) is 0 Å². The summed E-state index contributed by atoms with van der Waals surface area (Å²) in [7, 11) is 1.66. The molecular formula is C14H19NO2. The van der Waals surface area contributed by atoms with Gasteiger partial charge >= 0.3 is 0 Å². The number of benzene rings is 1. The monoisotopic (exact) mass is 233 g/mol. The number of aliphatic hydroxyl groups excluding tert-OH is 1. The van der Waals surface area contributed by atoms with Crippen LogP contribution in [0.1, 0.15) is 38.5 Å². The second-order valence-electron chi connectivity index (χ2n) is 4.62. The number of aromatic nitrogens is 1. The van der Waals surface area contributed by atoms with Gasteiger partial charge in [-0.2, -0.15) is 0 Å². The van der Waals surface area contributed by atoms with E-state index in [0.29, 0.717) is 6.04 Å². The van der Waals surface area contributed by atoms with Gasteiger partial charge in [0.15, 0.2) is 0 Å². The number of hydrogen-bond acceptors (Lipinski definition) is 2. The lowest BCUT2D eigenvalue weighted by Gasteiger charge is -2.09. The van der Waals surface area contributed by atoms with Crippen LogP contribution in [-0.2, 0) is 0 Å². The number of aliphatic hydroxyl groups is 1. The van der Waals surface area contributed by atoms with Crippen molar-refractivity contribution < 1.29 is 9.84 Å². The van der Waals surface area contributed by atoms with Gasteiger partial charge in [0.1, 0.15) is 5.75 Å². The van der Waals surface area contributed by atoms with E-state index in [1.54, 1.807) is 14.0 Å². The predicted octanol–water partition coefficient (Wildman–Crippen LogP) is 3.28. The minimum absolute atomic E-state index is 0.358.